The van der Waals surface area contributed by atoms with Gasteiger partial charge in [0.1, 0.15) is 0 Å². The maximum Gasteiger partial charge on any atom is 0.189 e. The van der Waals surface area contributed by atoms with Gasteiger partial charge in [0.2, 0.25) is 0 Å². The van der Waals surface area contributed by atoms with Crippen molar-refractivity contribution in [1.82, 2.24) is 9.13 Å². The second-order valence-electron chi connectivity index (χ2n) is 15.4. The molecule has 9 aromatic carbocycles. The molecule has 62 heavy (non-hydrogen) atoms. The van der Waals surface area contributed by atoms with E-state index in [1.165, 1.54) is 0 Å². The van der Waals surface area contributed by atoms with Crippen LogP contribution in [0.5, 0.6) is 0 Å². The summed E-state index contributed by atoms with van der Waals surface area (Å²) in [6.07, 6.45) is 1.85. The average Bonchev–Trinajstić information content (AvgIpc) is 3.66. The predicted molar refractivity (Wildman–Crippen MR) is 259 cm³/mol. The molecule has 0 spiro atoms. The molecule has 0 atom stereocenters. The van der Waals surface area contributed by atoms with E-state index in [4.69, 9.17) is 0 Å². The van der Waals surface area contributed by atoms with E-state index in [-0.39, 0.29) is 5.43 Å². The summed E-state index contributed by atoms with van der Waals surface area (Å²) in [6.45, 7) is 0. The van der Waals surface area contributed by atoms with Crippen molar-refractivity contribution in [3.8, 4) is 22.5 Å². The van der Waals surface area contributed by atoms with Gasteiger partial charge in [-0.1, -0.05) is 109 Å². The van der Waals surface area contributed by atoms with Crippen LogP contribution in [0.4, 0.5) is 34.1 Å². The fourth-order valence-corrected chi connectivity index (χ4v) is 8.81. The van der Waals surface area contributed by atoms with Gasteiger partial charge in [0.25, 0.3) is 0 Å². The summed E-state index contributed by atoms with van der Waals surface area (Å²) in [5.74, 6) is 0. The molecular formula is C57H40N4O. The first kappa shape index (κ1) is 36.7. The maximum absolute atomic E-state index is 12.5. The first-order valence-corrected chi connectivity index (χ1v) is 20.9. The fraction of sp³-hybridized carbons (Fsp3) is 0. The molecule has 0 aliphatic rings. The highest BCUT2D eigenvalue weighted by Gasteiger charge is 2.20. The molecule has 5 heteroatoms. The number of hydrogen-bond acceptors (Lipinski definition) is 3. The van der Waals surface area contributed by atoms with Crippen LogP contribution in [0.3, 0.4) is 0 Å². The quantitative estimate of drug-likeness (QED) is 0.146. The Balaban J connectivity index is 1.04. The summed E-state index contributed by atoms with van der Waals surface area (Å²) >= 11 is 0. The third kappa shape index (κ3) is 6.59. The molecule has 0 saturated carbocycles. The van der Waals surface area contributed by atoms with E-state index < -0.39 is 0 Å². The molecule has 0 aliphatic heterocycles. The van der Waals surface area contributed by atoms with E-state index in [9.17, 15) is 4.79 Å². The Labute approximate surface area is 359 Å². The summed E-state index contributed by atoms with van der Waals surface area (Å²) in [7, 11) is 0. The van der Waals surface area contributed by atoms with Crippen LogP contribution in [0.25, 0.3) is 55.2 Å². The number of pyridine rings is 1. The molecule has 0 saturated heterocycles. The number of anilines is 6. The molecule has 0 aliphatic carbocycles. The molecule has 0 radical (unpaired) electrons. The molecule has 11 aromatic rings. The summed E-state index contributed by atoms with van der Waals surface area (Å²) in [5, 5.41) is 3.03. The SMILES string of the molecule is O=c1ccn(-c2ccc(-c3ccc(-n4c5ccc(N(c6ccccc6)c6ccccc6)cc5c5cc(N(c6ccccc6)c6ccccc6)ccc54)cc3)cc2)c2ccccc12. The van der Waals surface area contributed by atoms with Gasteiger partial charge < -0.3 is 18.9 Å². The van der Waals surface area contributed by atoms with E-state index in [2.05, 4.69) is 225 Å². The Bertz CT molecular complexity index is 3180. The summed E-state index contributed by atoms with van der Waals surface area (Å²) < 4.78 is 4.46. The zero-order valence-corrected chi connectivity index (χ0v) is 33.8. The second-order valence-corrected chi connectivity index (χ2v) is 15.4. The molecule has 11 rings (SSSR count). The third-order valence-corrected chi connectivity index (χ3v) is 11.7. The van der Waals surface area contributed by atoms with E-state index in [0.717, 1.165) is 83.9 Å². The summed E-state index contributed by atoms with van der Waals surface area (Å²) in [5.41, 5.74) is 14.0. The van der Waals surface area contributed by atoms with Gasteiger partial charge in [0.15, 0.2) is 5.43 Å². The van der Waals surface area contributed by atoms with E-state index in [1.807, 2.05) is 30.5 Å². The molecule has 0 amide bonds. The van der Waals surface area contributed by atoms with Crippen LogP contribution >= 0.6 is 0 Å². The third-order valence-electron chi connectivity index (χ3n) is 11.7. The van der Waals surface area contributed by atoms with Gasteiger partial charge in [-0.25, -0.2) is 0 Å². The fourth-order valence-electron chi connectivity index (χ4n) is 8.81. The molecule has 0 N–H and O–H groups in total. The Kier molecular flexibility index (Phi) is 9.25. The number of rotatable bonds is 9. The van der Waals surface area contributed by atoms with Crippen molar-refractivity contribution < 1.29 is 0 Å². The molecular weight excluding hydrogens is 757 g/mol. The molecule has 294 valence electrons. The maximum atomic E-state index is 12.5. The first-order valence-electron chi connectivity index (χ1n) is 20.9. The monoisotopic (exact) mass is 796 g/mol. The van der Waals surface area contributed by atoms with Gasteiger partial charge in [-0.2, -0.15) is 0 Å². The van der Waals surface area contributed by atoms with Gasteiger partial charge >= 0.3 is 0 Å². The van der Waals surface area contributed by atoms with Crippen LogP contribution < -0.4 is 15.2 Å². The summed E-state index contributed by atoms with van der Waals surface area (Å²) in [6, 6.07) is 82.8. The van der Waals surface area contributed by atoms with E-state index in [1.54, 1.807) is 6.07 Å². The van der Waals surface area contributed by atoms with Crippen molar-refractivity contribution in [2.24, 2.45) is 0 Å². The van der Waals surface area contributed by atoms with Crippen LogP contribution in [0.2, 0.25) is 0 Å². The van der Waals surface area contributed by atoms with Gasteiger partial charge in [-0.3, -0.25) is 4.79 Å². The smallest absolute Gasteiger partial charge is 0.189 e. The lowest BCUT2D eigenvalue weighted by atomic mass is 10.0. The van der Waals surface area contributed by atoms with Gasteiger partial charge in [-0.05, 0) is 132 Å². The van der Waals surface area contributed by atoms with Gasteiger partial charge in [0.05, 0.1) is 16.6 Å². The van der Waals surface area contributed by atoms with E-state index in [0.29, 0.717) is 5.39 Å². The Hall–Kier alpha value is -8.41. The number of fused-ring (bicyclic) bond motifs is 4. The van der Waals surface area contributed by atoms with Crippen molar-refractivity contribution in [2.75, 3.05) is 9.80 Å². The van der Waals surface area contributed by atoms with Crippen LogP contribution in [-0.4, -0.2) is 9.13 Å². The molecule has 0 bridgehead atoms. The number of para-hydroxylation sites is 5. The van der Waals surface area contributed by atoms with Crippen molar-refractivity contribution in [3.05, 3.63) is 253 Å². The van der Waals surface area contributed by atoms with Crippen molar-refractivity contribution >= 4 is 66.8 Å². The highest BCUT2D eigenvalue weighted by atomic mass is 16.1. The van der Waals surface area contributed by atoms with Crippen LogP contribution in [0.1, 0.15) is 0 Å². The number of aromatic nitrogens is 2. The zero-order chi connectivity index (χ0) is 41.4. The number of nitrogens with zero attached hydrogens (tertiary/aromatic N) is 4. The van der Waals surface area contributed by atoms with E-state index >= 15 is 0 Å². The lowest BCUT2D eigenvalue weighted by Crippen LogP contribution is -2.09. The largest absolute Gasteiger partial charge is 0.316 e. The second kappa shape index (κ2) is 15.6. The van der Waals surface area contributed by atoms with Crippen LogP contribution in [0, 0.1) is 0 Å². The molecule has 5 nitrogen and oxygen atoms in total. The van der Waals surface area contributed by atoms with Crippen molar-refractivity contribution in [1.29, 1.82) is 0 Å². The summed E-state index contributed by atoms with van der Waals surface area (Å²) in [4.78, 5) is 17.2. The highest BCUT2D eigenvalue weighted by molar-refractivity contribution is 6.12. The van der Waals surface area contributed by atoms with Crippen LogP contribution in [-0.2, 0) is 0 Å². The molecule has 0 fully saturated rings. The Morgan fingerprint density at radius 2 is 0.710 bits per heavy atom. The Morgan fingerprint density at radius 3 is 1.16 bits per heavy atom. The topological polar surface area (TPSA) is 33.4 Å². The minimum atomic E-state index is 0.0281. The first-order chi connectivity index (χ1) is 30.7. The standard InChI is InChI=1S/C57H40N4O/c62-57-37-38-58(54-24-14-13-23-51(54)57)43-29-25-41(26-30-43)42-27-31-48(32-28-42)61-55-35-33-49(59(44-15-5-1-6-16-44)45-17-7-2-8-18-45)39-52(55)53-40-50(34-36-56(53)61)60(46-19-9-3-10-20-46)47-21-11-4-12-22-47/h1-40H. The minimum absolute atomic E-state index is 0.0281. The molecule has 0 unspecified atom stereocenters. The number of benzene rings is 9. The van der Waals surface area contributed by atoms with Gasteiger partial charge in [0, 0.05) is 73.9 Å². The molecule has 2 heterocycles. The predicted octanol–water partition coefficient (Wildman–Crippen LogP) is 14.7. The zero-order valence-electron chi connectivity index (χ0n) is 33.8. The average molecular weight is 797 g/mol. The van der Waals surface area contributed by atoms with Gasteiger partial charge in [-0.15, -0.1) is 0 Å². The number of hydrogen-bond donors (Lipinski definition) is 0. The Morgan fingerprint density at radius 1 is 0.306 bits per heavy atom. The van der Waals surface area contributed by atoms with Crippen molar-refractivity contribution in [3.63, 3.8) is 0 Å². The normalized spacial score (nSPS) is 11.3. The minimum Gasteiger partial charge on any atom is -0.316 e. The van der Waals surface area contributed by atoms with Crippen molar-refractivity contribution in [2.45, 2.75) is 0 Å². The van der Waals surface area contributed by atoms with Crippen LogP contribution in [0.15, 0.2) is 248 Å². The molecule has 2 aromatic heterocycles. The highest BCUT2D eigenvalue weighted by Crippen LogP contribution is 2.43. The lowest BCUT2D eigenvalue weighted by Gasteiger charge is -2.26. The lowest BCUT2D eigenvalue weighted by molar-refractivity contribution is 1.10.